The summed E-state index contributed by atoms with van der Waals surface area (Å²) in [6.07, 6.45) is -2.98. The predicted molar refractivity (Wildman–Crippen MR) is 85.2 cm³/mol. The lowest BCUT2D eigenvalue weighted by atomic mass is 10.1. The largest absolute Gasteiger partial charge is 0.282 e. The zero-order valence-electron chi connectivity index (χ0n) is 13.2. The molecule has 0 saturated carbocycles. The molecule has 1 heterocycles. The number of rotatable bonds is 4. The van der Waals surface area contributed by atoms with E-state index in [1.807, 2.05) is 0 Å². The Labute approximate surface area is 149 Å². The van der Waals surface area contributed by atoms with Crippen molar-refractivity contribution >= 4 is 10.0 Å². The van der Waals surface area contributed by atoms with E-state index < -0.39 is 44.5 Å². The summed E-state index contributed by atoms with van der Waals surface area (Å²) in [5, 5.41) is 8.44. The highest BCUT2D eigenvalue weighted by atomic mass is 32.2. The molecule has 3 aromatic rings. The highest BCUT2D eigenvalue weighted by Crippen LogP contribution is 2.31. The summed E-state index contributed by atoms with van der Waals surface area (Å²) < 4.78 is 91.0. The summed E-state index contributed by atoms with van der Waals surface area (Å²) >= 11 is 0. The highest BCUT2D eigenvalue weighted by Gasteiger charge is 2.24. The molecule has 142 valence electrons. The quantitative estimate of drug-likeness (QED) is 0.677. The monoisotopic (exact) mass is 403 g/mol. The molecule has 0 radical (unpaired) electrons. The Kier molecular flexibility index (Phi) is 4.74. The lowest BCUT2D eigenvalue weighted by molar-refractivity contribution is 0.145. The number of nitrogens with zero attached hydrogens (tertiary/aromatic N) is 2. The first kappa shape index (κ1) is 19.0. The Morgan fingerprint density at radius 2 is 1.52 bits per heavy atom. The van der Waals surface area contributed by atoms with Gasteiger partial charge in [0.05, 0.1) is 11.4 Å². The number of benzene rings is 2. The highest BCUT2D eigenvalue weighted by molar-refractivity contribution is 7.89. The normalized spacial score (nSPS) is 12.0. The van der Waals surface area contributed by atoms with Crippen molar-refractivity contribution in [2.45, 2.75) is 11.3 Å². The summed E-state index contributed by atoms with van der Waals surface area (Å²) in [4.78, 5) is -1.34. The van der Waals surface area contributed by atoms with Crippen LogP contribution in [0.2, 0.25) is 0 Å². The fourth-order valence-corrected chi connectivity index (χ4v) is 3.13. The fourth-order valence-electron chi connectivity index (χ4n) is 2.47. The molecule has 1 aromatic heterocycles. The van der Waals surface area contributed by atoms with Crippen molar-refractivity contribution in [1.82, 2.24) is 9.78 Å². The maximum absolute atomic E-state index is 14.1. The van der Waals surface area contributed by atoms with Crippen LogP contribution in [0.15, 0.2) is 47.4 Å². The van der Waals surface area contributed by atoms with Crippen LogP contribution in [0.5, 0.6) is 0 Å². The molecule has 0 fully saturated rings. The van der Waals surface area contributed by atoms with Gasteiger partial charge in [0.1, 0.15) is 23.1 Å². The Morgan fingerprint density at radius 1 is 0.963 bits per heavy atom. The average Bonchev–Trinajstić information content (AvgIpc) is 2.99. The van der Waals surface area contributed by atoms with E-state index >= 15 is 0 Å². The van der Waals surface area contributed by atoms with Gasteiger partial charge < -0.3 is 0 Å². The molecule has 3 rings (SSSR count). The van der Waals surface area contributed by atoms with Gasteiger partial charge in [-0.2, -0.15) is 5.10 Å². The second-order valence-corrected chi connectivity index (χ2v) is 6.96. The molecule has 27 heavy (non-hydrogen) atoms. The molecule has 11 heteroatoms. The van der Waals surface area contributed by atoms with Crippen molar-refractivity contribution in [3.63, 3.8) is 0 Å². The van der Waals surface area contributed by atoms with Crippen LogP contribution in [0.1, 0.15) is 12.1 Å². The zero-order chi connectivity index (χ0) is 19.9. The van der Waals surface area contributed by atoms with Gasteiger partial charge in [-0.1, -0.05) is 0 Å². The molecule has 5 nitrogen and oxygen atoms in total. The topological polar surface area (TPSA) is 78.0 Å². The van der Waals surface area contributed by atoms with Gasteiger partial charge >= 0.3 is 0 Å². The smallest absolute Gasteiger partial charge is 0.233 e. The molecule has 2 N–H and O–H groups in total. The molecule has 0 unspecified atom stereocenters. The third-order valence-corrected chi connectivity index (χ3v) is 4.56. The van der Waals surface area contributed by atoms with Gasteiger partial charge in [-0.3, -0.25) is 0 Å². The molecule has 2 aromatic carbocycles. The van der Waals surface area contributed by atoms with Gasteiger partial charge in [-0.15, -0.1) is 0 Å². The van der Waals surface area contributed by atoms with Gasteiger partial charge in [0.2, 0.25) is 10.0 Å². The number of nitrogens with two attached hydrogens (primary N) is 1. The molecule has 0 amide bonds. The minimum absolute atomic E-state index is 0.148. The van der Waals surface area contributed by atoms with Gasteiger partial charge in [0.15, 0.2) is 4.90 Å². The van der Waals surface area contributed by atoms with Crippen LogP contribution in [-0.4, -0.2) is 18.2 Å². The fraction of sp³-hybridized carbons (Fsp3) is 0.0625. The number of sulfonamides is 1. The molecule has 0 saturated heterocycles. The lowest BCUT2D eigenvalue weighted by Gasteiger charge is -2.10. The maximum Gasteiger partial charge on any atom is 0.282 e. The van der Waals surface area contributed by atoms with Crippen LogP contribution in [0, 0.1) is 17.5 Å². The molecule has 0 atom stereocenters. The Hall–Kier alpha value is -2.79. The standard InChI is InChI=1S/C16H10F5N3O2S/c17-9-1-3-10(4-2-9)24-14(7-13(23-24)16(20)21)8-5-11(18)15(12(19)6-8)27(22,25)26/h1-7,16H,(H2,22,25,26). The van der Waals surface area contributed by atoms with Crippen LogP contribution in [0.4, 0.5) is 22.0 Å². The van der Waals surface area contributed by atoms with Crippen LogP contribution < -0.4 is 5.14 Å². The van der Waals surface area contributed by atoms with E-state index in [2.05, 4.69) is 5.10 Å². The number of alkyl halides is 2. The number of halogens is 5. The Bertz CT molecular complexity index is 1090. The van der Waals surface area contributed by atoms with E-state index in [0.29, 0.717) is 12.1 Å². The summed E-state index contributed by atoms with van der Waals surface area (Å²) in [6.45, 7) is 0. The van der Waals surface area contributed by atoms with Crippen molar-refractivity contribution in [2.24, 2.45) is 5.14 Å². The minimum Gasteiger partial charge on any atom is -0.233 e. The maximum atomic E-state index is 14.1. The SMILES string of the molecule is NS(=O)(=O)c1c(F)cc(-c2cc(C(F)F)nn2-c2ccc(F)cc2)cc1F. The first-order chi connectivity index (χ1) is 12.6. The van der Waals surface area contributed by atoms with E-state index in [9.17, 15) is 30.4 Å². The number of primary sulfonamides is 1. The summed E-state index contributed by atoms with van der Waals surface area (Å²) in [5.41, 5.74) is -0.961. The number of hydrogen-bond acceptors (Lipinski definition) is 3. The number of hydrogen-bond donors (Lipinski definition) is 1. The van der Waals surface area contributed by atoms with Crippen molar-refractivity contribution in [3.05, 3.63) is 65.6 Å². The van der Waals surface area contributed by atoms with E-state index in [-0.39, 0.29) is 16.9 Å². The zero-order valence-corrected chi connectivity index (χ0v) is 14.0. The number of aromatic nitrogens is 2. The van der Waals surface area contributed by atoms with Crippen molar-refractivity contribution < 1.29 is 30.4 Å². The molecular weight excluding hydrogens is 393 g/mol. The average molecular weight is 403 g/mol. The second-order valence-electron chi connectivity index (χ2n) is 5.46. The Morgan fingerprint density at radius 3 is 2.00 bits per heavy atom. The third kappa shape index (κ3) is 3.69. The van der Waals surface area contributed by atoms with E-state index in [1.54, 1.807) is 0 Å². The van der Waals surface area contributed by atoms with Crippen LogP contribution in [0.3, 0.4) is 0 Å². The molecule has 0 aliphatic rings. The molecule has 0 spiro atoms. The summed E-state index contributed by atoms with van der Waals surface area (Å²) in [6, 6.07) is 6.71. The van der Waals surface area contributed by atoms with Crippen molar-refractivity contribution in [3.8, 4) is 16.9 Å². The first-order valence-corrected chi connectivity index (χ1v) is 8.79. The third-order valence-electron chi connectivity index (χ3n) is 3.60. The van der Waals surface area contributed by atoms with Gasteiger partial charge in [-0.25, -0.2) is 40.2 Å². The van der Waals surface area contributed by atoms with Crippen LogP contribution in [-0.2, 0) is 10.0 Å². The lowest BCUT2D eigenvalue weighted by Crippen LogP contribution is -2.16. The van der Waals surface area contributed by atoms with Crippen LogP contribution in [0.25, 0.3) is 16.9 Å². The summed E-state index contributed by atoms with van der Waals surface area (Å²) in [7, 11) is -4.67. The summed E-state index contributed by atoms with van der Waals surface area (Å²) in [5.74, 6) is -3.56. The minimum atomic E-state index is -4.67. The second kappa shape index (κ2) is 6.74. The van der Waals surface area contributed by atoms with E-state index in [1.165, 1.54) is 12.1 Å². The van der Waals surface area contributed by atoms with Gasteiger partial charge in [0, 0.05) is 5.56 Å². The van der Waals surface area contributed by atoms with Gasteiger partial charge in [-0.05, 0) is 42.5 Å². The predicted octanol–water partition coefficient (Wildman–Crippen LogP) is 3.54. The van der Waals surface area contributed by atoms with E-state index in [4.69, 9.17) is 5.14 Å². The van der Waals surface area contributed by atoms with Crippen molar-refractivity contribution in [1.29, 1.82) is 0 Å². The molecule has 0 aliphatic carbocycles. The van der Waals surface area contributed by atoms with Gasteiger partial charge in [0.25, 0.3) is 6.43 Å². The van der Waals surface area contributed by atoms with E-state index in [0.717, 1.165) is 22.9 Å². The molecular formula is C16H10F5N3O2S. The first-order valence-electron chi connectivity index (χ1n) is 7.24. The molecule has 0 bridgehead atoms. The van der Waals surface area contributed by atoms with Crippen molar-refractivity contribution in [2.75, 3.05) is 0 Å². The molecule has 0 aliphatic heterocycles. The Balaban J connectivity index is 2.24. The van der Waals surface area contributed by atoms with Crippen LogP contribution >= 0.6 is 0 Å².